The van der Waals surface area contributed by atoms with E-state index in [1.165, 1.54) is 36.2 Å². The first-order valence-corrected chi connectivity index (χ1v) is 14.2. The van der Waals surface area contributed by atoms with Gasteiger partial charge in [-0.25, -0.2) is 13.2 Å². The second-order valence-corrected chi connectivity index (χ2v) is 11.6. The number of hydrogen-bond donors (Lipinski definition) is 1. The van der Waals surface area contributed by atoms with Crippen LogP contribution < -0.4 is 9.64 Å². The standard InChI is InChI=1S/C25H34N2O6S2/c1-6-7-11-19-16-27(18-12-9-8-10-13-18)20-14-22(34-5)21(15-23(20)35(30,31)26(19)3)33-17-25(2,32-4)24(28)29/h8-10,12-15,19H,6-7,11,16-17H2,1-5H3,(H,28,29)/t19-,25?/m0/s1. The first-order valence-electron chi connectivity index (χ1n) is 11.5. The number of carboxylic acid groups (broad SMARTS) is 1. The average Bonchev–Trinajstić information content (AvgIpc) is 2.94. The quantitative estimate of drug-likeness (QED) is 0.452. The smallest absolute Gasteiger partial charge is 0.339 e. The van der Waals surface area contributed by atoms with E-state index in [0.29, 0.717) is 22.9 Å². The van der Waals surface area contributed by atoms with Gasteiger partial charge in [-0.2, -0.15) is 4.31 Å². The molecule has 2 aromatic carbocycles. The van der Waals surface area contributed by atoms with Gasteiger partial charge >= 0.3 is 5.97 Å². The number of benzene rings is 2. The highest BCUT2D eigenvalue weighted by Crippen LogP contribution is 2.43. The predicted molar refractivity (Wildman–Crippen MR) is 138 cm³/mol. The van der Waals surface area contributed by atoms with Gasteiger partial charge in [0, 0.05) is 38.5 Å². The van der Waals surface area contributed by atoms with Crippen molar-refractivity contribution in [2.45, 2.75) is 54.5 Å². The molecule has 0 spiro atoms. The molecule has 0 bridgehead atoms. The minimum Gasteiger partial charge on any atom is -0.489 e. The summed E-state index contributed by atoms with van der Waals surface area (Å²) in [7, 11) is -0.915. The van der Waals surface area contributed by atoms with E-state index in [1.54, 1.807) is 7.05 Å². The minimum absolute atomic E-state index is 0.130. The number of carbonyl (C=O) groups is 1. The van der Waals surface area contributed by atoms with Crippen LogP contribution in [0, 0.1) is 0 Å². The third kappa shape index (κ3) is 5.61. The number of ether oxygens (including phenoxy) is 2. The van der Waals surface area contributed by atoms with Crippen LogP contribution >= 0.6 is 11.8 Å². The first-order chi connectivity index (χ1) is 16.6. The summed E-state index contributed by atoms with van der Waals surface area (Å²) in [6, 6.07) is 12.9. The Bertz CT molecular complexity index is 1140. The number of sulfonamides is 1. The molecular weight excluding hydrogens is 488 g/mol. The van der Waals surface area contributed by atoms with E-state index in [2.05, 4.69) is 11.8 Å². The highest BCUT2D eigenvalue weighted by atomic mass is 32.2. The first kappa shape index (κ1) is 27.3. The molecule has 1 heterocycles. The van der Waals surface area contributed by atoms with Crippen LogP contribution in [0.1, 0.15) is 33.1 Å². The molecule has 192 valence electrons. The Morgan fingerprint density at radius 1 is 1.26 bits per heavy atom. The van der Waals surface area contributed by atoms with E-state index in [1.807, 2.05) is 42.7 Å². The molecule has 0 amide bonds. The van der Waals surface area contributed by atoms with Crippen molar-refractivity contribution in [1.29, 1.82) is 0 Å². The summed E-state index contributed by atoms with van der Waals surface area (Å²) in [4.78, 5) is 14.5. The molecule has 1 aliphatic rings. The maximum atomic E-state index is 13.8. The van der Waals surface area contributed by atoms with Gasteiger partial charge in [0.2, 0.25) is 10.0 Å². The fourth-order valence-electron chi connectivity index (χ4n) is 3.98. The molecule has 3 rings (SSSR count). The van der Waals surface area contributed by atoms with E-state index >= 15 is 0 Å². The molecule has 0 radical (unpaired) electrons. The van der Waals surface area contributed by atoms with Gasteiger partial charge in [0.1, 0.15) is 17.3 Å². The summed E-state index contributed by atoms with van der Waals surface area (Å²) >= 11 is 1.41. The summed E-state index contributed by atoms with van der Waals surface area (Å²) < 4.78 is 40.1. The van der Waals surface area contributed by atoms with Crippen LogP contribution in [0.3, 0.4) is 0 Å². The van der Waals surface area contributed by atoms with Gasteiger partial charge in [0.25, 0.3) is 0 Å². The van der Waals surface area contributed by atoms with Gasteiger partial charge in [0.05, 0.1) is 10.6 Å². The number of unbranched alkanes of at least 4 members (excludes halogenated alkanes) is 1. The number of para-hydroxylation sites is 1. The Hall–Kier alpha value is -2.27. The molecule has 8 nitrogen and oxygen atoms in total. The Labute approximate surface area is 212 Å². The molecule has 1 N–H and O–H groups in total. The third-order valence-electron chi connectivity index (χ3n) is 6.47. The predicted octanol–water partition coefficient (Wildman–Crippen LogP) is 4.61. The van der Waals surface area contributed by atoms with Gasteiger partial charge < -0.3 is 19.5 Å². The van der Waals surface area contributed by atoms with E-state index in [4.69, 9.17) is 9.47 Å². The monoisotopic (exact) mass is 522 g/mol. The molecule has 0 aromatic heterocycles. The van der Waals surface area contributed by atoms with Crippen molar-refractivity contribution in [3.05, 3.63) is 42.5 Å². The highest BCUT2D eigenvalue weighted by molar-refractivity contribution is 7.98. The van der Waals surface area contributed by atoms with Gasteiger partial charge in [-0.15, -0.1) is 11.8 Å². The van der Waals surface area contributed by atoms with Gasteiger partial charge in [-0.1, -0.05) is 38.0 Å². The summed E-state index contributed by atoms with van der Waals surface area (Å²) in [5.41, 5.74) is -0.0924. The van der Waals surface area contributed by atoms with Crippen molar-refractivity contribution >= 4 is 39.1 Å². The van der Waals surface area contributed by atoms with Crippen molar-refractivity contribution in [2.24, 2.45) is 0 Å². The van der Waals surface area contributed by atoms with Crippen molar-refractivity contribution in [2.75, 3.05) is 38.5 Å². The second-order valence-electron chi connectivity index (χ2n) is 8.76. The topological polar surface area (TPSA) is 96.4 Å². The minimum atomic E-state index is -3.85. The summed E-state index contributed by atoms with van der Waals surface area (Å²) in [6.45, 7) is 3.75. The van der Waals surface area contributed by atoms with E-state index in [-0.39, 0.29) is 17.5 Å². The lowest BCUT2D eigenvalue weighted by Crippen LogP contribution is -2.43. The van der Waals surface area contributed by atoms with E-state index in [0.717, 1.165) is 24.9 Å². The summed E-state index contributed by atoms with van der Waals surface area (Å²) in [5.74, 6) is -0.861. The van der Waals surface area contributed by atoms with E-state index in [9.17, 15) is 18.3 Å². The fourth-order valence-corrected chi connectivity index (χ4v) is 6.10. The number of likely N-dealkylation sites (N-methyl/N-ethyl adjacent to an activating group) is 1. The van der Waals surface area contributed by atoms with Crippen molar-refractivity contribution in [1.82, 2.24) is 4.31 Å². The summed E-state index contributed by atoms with van der Waals surface area (Å²) in [5, 5.41) is 9.53. The van der Waals surface area contributed by atoms with Crippen molar-refractivity contribution in [3.63, 3.8) is 0 Å². The Kier molecular flexibility index (Phi) is 8.74. The number of anilines is 2. The zero-order valence-electron chi connectivity index (χ0n) is 20.9. The average molecular weight is 523 g/mol. The van der Waals surface area contributed by atoms with Crippen LogP contribution in [0.15, 0.2) is 52.3 Å². The molecular formula is C25H34N2O6S2. The SMILES string of the molecule is CCCC[C@H]1CN(c2ccccc2)c2cc(SC)c(OCC(C)(OC)C(=O)O)cc2S(=O)(=O)N1C. The Morgan fingerprint density at radius 3 is 2.51 bits per heavy atom. The maximum absolute atomic E-state index is 13.8. The number of aliphatic carboxylic acids is 1. The Morgan fingerprint density at radius 2 is 1.94 bits per heavy atom. The number of methoxy groups -OCH3 is 1. The largest absolute Gasteiger partial charge is 0.489 e. The van der Waals surface area contributed by atoms with Crippen LogP contribution in [-0.4, -0.2) is 69.0 Å². The van der Waals surface area contributed by atoms with Crippen LogP contribution in [-0.2, 0) is 19.6 Å². The van der Waals surface area contributed by atoms with Crippen LogP contribution in [0.25, 0.3) is 0 Å². The fraction of sp³-hybridized carbons (Fsp3) is 0.480. The van der Waals surface area contributed by atoms with Crippen LogP contribution in [0.4, 0.5) is 11.4 Å². The van der Waals surface area contributed by atoms with Gasteiger partial charge in [-0.3, -0.25) is 0 Å². The molecule has 2 aromatic rings. The zero-order chi connectivity index (χ0) is 25.8. The normalized spacial score (nSPS) is 19.5. The zero-order valence-corrected chi connectivity index (χ0v) is 22.5. The lowest BCUT2D eigenvalue weighted by molar-refractivity contribution is -0.163. The molecule has 2 atom stereocenters. The molecule has 1 unspecified atom stereocenters. The molecule has 1 aliphatic heterocycles. The number of carboxylic acids is 1. The highest BCUT2D eigenvalue weighted by Gasteiger charge is 2.38. The lowest BCUT2D eigenvalue weighted by Gasteiger charge is -2.29. The van der Waals surface area contributed by atoms with Crippen molar-refractivity contribution in [3.8, 4) is 5.75 Å². The molecule has 0 saturated carbocycles. The van der Waals surface area contributed by atoms with Crippen molar-refractivity contribution < 1.29 is 27.8 Å². The van der Waals surface area contributed by atoms with Gasteiger partial charge in [0.15, 0.2) is 5.60 Å². The third-order valence-corrected chi connectivity index (χ3v) is 9.16. The number of thioether (sulfide) groups is 1. The number of fused-ring (bicyclic) bond motifs is 1. The number of hydrogen-bond acceptors (Lipinski definition) is 7. The van der Waals surface area contributed by atoms with E-state index < -0.39 is 21.6 Å². The molecule has 0 fully saturated rings. The molecule has 0 aliphatic carbocycles. The number of nitrogens with zero attached hydrogens (tertiary/aromatic N) is 2. The second kappa shape index (κ2) is 11.2. The van der Waals surface area contributed by atoms with Crippen LogP contribution in [0.5, 0.6) is 5.75 Å². The molecule has 10 heteroatoms. The molecule has 0 saturated heterocycles. The maximum Gasteiger partial charge on any atom is 0.339 e. The molecule has 35 heavy (non-hydrogen) atoms. The van der Waals surface area contributed by atoms with Gasteiger partial charge in [-0.05, 0) is 37.8 Å². The summed E-state index contributed by atoms with van der Waals surface area (Å²) in [6.07, 6.45) is 4.50. The van der Waals surface area contributed by atoms with Crippen LogP contribution in [0.2, 0.25) is 0 Å². The lowest BCUT2D eigenvalue weighted by atomic mass is 10.1. The Balaban J connectivity index is 2.16. The number of rotatable bonds is 10.